The monoisotopic (exact) mass is 431 g/mol. The minimum Gasteiger partial charge on any atom is -0.506 e. The van der Waals surface area contributed by atoms with Crippen molar-refractivity contribution in [2.45, 2.75) is 12.6 Å². The Bertz CT molecular complexity index is 1160. The maximum Gasteiger partial charge on any atom is 0.295 e. The van der Waals surface area contributed by atoms with E-state index in [0.717, 1.165) is 5.56 Å². The van der Waals surface area contributed by atoms with Gasteiger partial charge in [0.15, 0.2) is 0 Å². The van der Waals surface area contributed by atoms with Crippen LogP contribution in [0.1, 0.15) is 22.7 Å². The molecule has 3 heterocycles. The van der Waals surface area contributed by atoms with Crippen LogP contribution in [0.5, 0.6) is 11.5 Å². The standard InChI is InChI=1S/C24H21N3O5/c1-31-17-6-3-7-18(32-2)19(17)22(28)20-21(16-5-4-10-26-13-16)27(24(30)23(20)29)14-15-8-11-25-12-9-15/h3-13,21,28H,14H2,1-2H3/b22-20+. The van der Waals surface area contributed by atoms with E-state index in [1.807, 2.05) is 0 Å². The number of aliphatic hydroxyl groups is 1. The lowest BCUT2D eigenvalue weighted by Crippen LogP contribution is -2.29. The molecule has 1 aromatic carbocycles. The molecule has 3 aromatic rings. The zero-order valence-electron chi connectivity index (χ0n) is 17.6. The lowest BCUT2D eigenvalue weighted by Gasteiger charge is -2.25. The van der Waals surface area contributed by atoms with Crippen LogP contribution in [-0.4, -0.2) is 45.9 Å². The smallest absolute Gasteiger partial charge is 0.295 e. The van der Waals surface area contributed by atoms with Crippen LogP contribution in [0.15, 0.2) is 72.8 Å². The van der Waals surface area contributed by atoms with E-state index in [9.17, 15) is 14.7 Å². The summed E-state index contributed by atoms with van der Waals surface area (Å²) in [4.78, 5) is 35.8. The summed E-state index contributed by atoms with van der Waals surface area (Å²) in [5, 5.41) is 11.3. The molecule has 4 rings (SSSR count). The molecular formula is C24H21N3O5. The number of Topliss-reactive ketones (excluding diaryl/α,β-unsaturated/α-hetero) is 1. The largest absolute Gasteiger partial charge is 0.506 e. The predicted octanol–water partition coefficient (Wildman–Crippen LogP) is 3.12. The number of aliphatic hydroxyl groups excluding tert-OH is 1. The second-order valence-corrected chi connectivity index (χ2v) is 7.11. The van der Waals surface area contributed by atoms with Gasteiger partial charge in [-0.25, -0.2) is 0 Å². The Hall–Kier alpha value is -4.20. The highest BCUT2D eigenvalue weighted by Crippen LogP contribution is 2.43. The summed E-state index contributed by atoms with van der Waals surface area (Å²) in [6.07, 6.45) is 6.40. The molecule has 0 saturated carbocycles. The van der Waals surface area contributed by atoms with Gasteiger partial charge in [-0.15, -0.1) is 0 Å². The van der Waals surface area contributed by atoms with Crippen molar-refractivity contribution in [3.8, 4) is 11.5 Å². The number of pyridine rings is 2. The molecule has 2 aromatic heterocycles. The third kappa shape index (κ3) is 3.66. The molecule has 1 amide bonds. The minimum atomic E-state index is -0.841. The van der Waals surface area contributed by atoms with Crippen LogP contribution in [0.2, 0.25) is 0 Å². The highest BCUT2D eigenvalue weighted by molar-refractivity contribution is 6.46. The molecule has 0 spiro atoms. The molecule has 1 unspecified atom stereocenters. The Morgan fingerprint density at radius 1 is 0.969 bits per heavy atom. The quantitative estimate of drug-likeness (QED) is 0.363. The number of nitrogens with zero attached hydrogens (tertiary/aromatic N) is 3. The fourth-order valence-electron chi connectivity index (χ4n) is 3.83. The third-order valence-corrected chi connectivity index (χ3v) is 5.31. The van der Waals surface area contributed by atoms with Crippen LogP contribution in [-0.2, 0) is 16.1 Å². The van der Waals surface area contributed by atoms with Gasteiger partial charge in [0.25, 0.3) is 11.7 Å². The third-order valence-electron chi connectivity index (χ3n) is 5.31. The summed E-state index contributed by atoms with van der Waals surface area (Å²) >= 11 is 0. The number of rotatable bonds is 6. The van der Waals surface area contributed by atoms with Gasteiger partial charge in [-0.1, -0.05) is 12.1 Å². The summed E-state index contributed by atoms with van der Waals surface area (Å²) in [6, 6.07) is 11.2. The summed E-state index contributed by atoms with van der Waals surface area (Å²) in [5.41, 5.74) is 1.54. The number of methoxy groups -OCH3 is 2. The van der Waals surface area contributed by atoms with Crippen molar-refractivity contribution < 1.29 is 24.2 Å². The van der Waals surface area contributed by atoms with Gasteiger partial charge in [-0.05, 0) is 41.5 Å². The van der Waals surface area contributed by atoms with Crippen molar-refractivity contribution in [2.75, 3.05) is 14.2 Å². The van der Waals surface area contributed by atoms with Crippen LogP contribution >= 0.6 is 0 Å². The van der Waals surface area contributed by atoms with Gasteiger partial charge in [-0.3, -0.25) is 19.6 Å². The van der Waals surface area contributed by atoms with E-state index in [1.54, 1.807) is 67.3 Å². The Kier molecular flexibility index (Phi) is 5.85. The Balaban J connectivity index is 1.92. The lowest BCUT2D eigenvalue weighted by atomic mass is 9.95. The van der Waals surface area contributed by atoms with E-state index >= 15 is 0 Å². The summed E-state index contributed by atoms with van der Waals surface area (Å²) in [6.45, 7) is 0.159. The topological polar surface area (TPSA) is 102 Å². The van der Waals surface area contributed by atoms with Crippen LogP contribution < -0.4 is 9.47 Å². The van der Waals surface area contributed by atoms with Crippen molar-refractivity contribution in [2.24, 2.45) is 0 Å². The summed E-state index contributed by atoms with van der Waals surface area (Å²) in [7, 11) is 2.90. The maximum absolute atomic E-state index is 13.2. The van der Waals surface area contributed by atoms with Crippen LogP contribution in [0, 0.1) is 0 Å². The van der Waals surface area contributed by atoms with Gasteiger partial charge >= 0.3 is 0 Å². The number of hydrogen-bond donors (Lipinski definition) is 1. The fraction of sp³-hybridized carbons (Fsp3) is 0.167. The molecule has 0 bridgehead atoms. The first kappa shape index (κ1) is 21.0. The van der Waals surface area contributed by atoms with Crippen LogP contribution in [0.4, 0.5) is 0 Å². The molecule has 1 fully saturated rings. The second kappa shape index (κ2) is 8.89. The number of likely N-dealkylation sites (tertiary alicyclic amines) is 1. The number of carbonyl (C=O) groups excluding carboxylic acids is 2. The van der Waals surface area contributed by atoms with Gasteiger partial charge < -0.3 is 19.5 Å². The lowest BCUT2D eigenvalue weighted by molar-refractivity contribution is -0.140. The SMILES string of the molecule is COc1cccc(OC)c1/C(O)=C1\C(=O)C(=O)N(Cc2ccncc2)C1c1cccnc1. The van der Waals surface area contributed by atoms with E-state index in [0.29, 0.717) is 17.1 Å². The van der Waals surface area contributed by atoms with Gasteiger partial charge in [0.05, 0.1) is 25.8 Å². The van der Waals surface area contributed by atoms with E-state index < -0.39 is 17.7 Å². The maximum atomic E-state index is 13.2. The van der Waals surface area contributed by atoms with Gasteiger partial charge in [-0.2, -0.15) is 0 Å². The van der Waals surface area contributed by atoms with Crippen LogP contribution in [0.3, 0.4) is 0 Å². The Morgan fingerprint density at radius 3 is 2.25 bits per heavy atom. The molecule has 1 atom stereocenters. The van der Waals surface area contributed by atoms with E-state index in [2.05, 4.69) is 9.97 Å². The van der Waals surface area contributed by atoms with E-state index in [1.165, 1.54) is 19.1 Å². The number of amides is 1. The van der Waals surface area contributed by atoms with Gasteiger partial charge in [0, 0.05) is 31.3 Å². The molecule has 8 nitrogen and oxygen atoms in total. The molecule has 8 heteroatoms. The minimum absolute atomic E-state index is 0.0557. The predicted molar refractivity (Wildman–Crippen MR) is 116 cm³/mol. The molecule has 32 heavy (non-hydrogen) atoms. The van der Waals surface area contributed by atoms with Crippen molar-refractivity contribution >= 4 is 17.4 Å². The molecule has 1 aliphatic rings. The normalized spacial score (nSPS) is 17.4. The molecule has 1 N–H and O–H groups in total. The fourth-order valence-corrected chi connectivity index (χ4v) is 3.83. The highest BCUT2D eigenvalue weighted by atomic mass is 16.5. The number of ether oxygens (including phenoxy) is 2. The Labute approximate surface area is 184 Å². The summed E-state index contributed by atoms with van der Waals surface area (Å²) in [5.74, 6) is -1.26. The first-order valence-corrected chi connectivity index (χ1v) is 9.85. The first-order chi connectivity index (χ1) is 15.6. The van der Waals surface area contributed by atoms with Crippen molar-refractivity contribution in [1.82, 2.24) is 14.9 Å². The van der Waals surface area contributed by atoms with Crippen molar-refractivity contribution in [3.63, 3.8) is 0 Å². The van der Waals surface area contributed by atoms with Gasteiger partial charge in [0.2, 0.25) is 0 Å². The van der Waals surface area contributed by atoms with Gasteiger partial charge in [0.1, 0.15) is 22.8 Å². The molecule has 162 valence electrons. The zero-order valence-corrected chi connectivity index (χ0v) is 17.6. The molecule has 0 radical (unpaired) electrons. The average molecular weight is 431 g/mol. The zero-order chi connectivity index (χ0) is 22.7. The van der Waals surface area contributed by atoms with Crippen molar-refractivity contribution in [1.29, 1.82) is 0 Å². The highest BCUT2D eigenvalue weighted by Gasteiger charge is 2.46. The molecule has 0 aliphatic carbocycles. The average Bonchev–Trinajstić information content (AvgIpc) is 3.09. The Morgan fingerprint density at radius 2 is 1.66 bits per heavy atom. The summed E-state index contributed by atoms with van der Waals surface area (Å²) < 4.78 is 10.8. The van der Waals surface area contributed by atoms with Crippen molar-refractivity contribution in [3.05, 3.63) is 89.5 Å². The van der Waals surface area contributed by atoms with Crippen LogP contribution in [0.25, 0.3) is 5.76 Å². The number of hydrogen-bond acceptors (Lipinski definition) is 7. The van der Waals surface area contributed by atoms with E-state index in [4.69, 9.17) is 9.47 Å². The number of ketones is 1. The molecule has 1 aliphatic heterocycles. The molecular weight excluding hydrogens is 410 g/mol. The first-order valence-electron chi connectivity index (χ1n) is 9.85. The van der Waals surface area contributed by atoms with E-state index in [-0.39, 0.29) is 23.4 Å². The molecule has 1 saturated heterocycles. The number of benzene rings is 1. The second-order valence-electron chi connectivity index (χ2n) is 7.11. The number of carbonyl (C=O) groups is 2. The number of aromatic nitrogens is 2.